The first kappa shape index (κ1) is 20.3. The lowest BCUT2D eigenvalue weighted by atomic mass is 10.1. The van der Waals surface area contributed by atoms with Crippen LogP contribution in [0.4, 0.5) is 0 Å². The van der Waals surface area contributed by atoms with E-state index in [9.17, 15) is 4.79 Å². The summed E-state index contributed by atoms with van der Waals surface area (Å²) in [5.74, 6) is 2.31. The van der Waals surface area contributed by atoms with Crippen molar-refractivity contribution in [1.82, 2.24) is 30.1 Å². The summed E-state index contributed by atoms with van der Waals surface area (Å²) in [4.78, 5) is 22.1. The van der Waals surface area contributed by atoms with Crippen LogP contribution in [0.1, 0.15) is 46.7 Å². The van der Waals surface area contributed by atoms with Crippen molar-refractivity contribution < 1.29 is 9.32 Å². The van der Waals surface area contributed by atoms with E-state index >= 15 is 0 Å². The fourth-order valence-corrected chi connectivity index (χ4v) is 4.04. The van der Waals surface area contributed by atoms with Gasteiger partial charge in [0.15, 0.2) is 5.82 Å². The molecule has 1 fully saturated rings. The average molecular weight is 409 g/mol. The van der Waals surface area contributed by atoms with Crippen LogP contribution in [-0.4, -0.2) is 55.7 Å². The Morgan fingerprint density at radius 1 is 1.20 bits per heavy atom. The van der Waals surface area contributed by atoms with Crippen LogP contribution < -0.4 is 0 Å². The summed E-state index contributed by atoms with van der Waals surface area (Å²) in [7, 11) is 0. The number of hydrogen-bond acceptors (Lipinski definition) is 6. The summed E-state index contributed by atoms with van der Waals surface area (Å²) in [6, 6.07) is 10.3. The van der Waals surface area contributed by atoms with Crippen molar-refractivity contribution in [3.05, 3.63) is 64.6 Å². The van der Waals surface area contributed by atoms with E-state index in [0.29, 0.717) is 25.3 Å². The molecule has 1 aromatic carbocycles. The quantitative estimate of drug-likeness (QED) is 0.698. The smallest absolute Gasteiger partial charge is 0.227 e. The summed E-state index contributed by atoms with van der Waals surface area (Å²) >= 11 is 0. The number of aromatic amines is 1. The van der Waals surface area contributed by atoms with Gasteiger partial charge in [-0.05, 0) is 32.8 Å². The molecule has 30 heavy (non-hydrogen) atoms. The number of amides is 1. The highest BCUT2D eigenvalue weighted by Gasteiger charge is 2.31. The van der Waals surface area contributed by atoms with Gasteiger partial charge >= 0.3 is 0 Å². The molecule has 3 aromatic rings. The second kappa shape index (κ2) is 8.79. The molecular weight excluding hydrogens is 380 g/mol. The number of H-pyrrole nitrogens is 1. The zero-order valence-electron chi connectivity index (χ0n) is 17.8. The number of nitrogens with one attached hydrogen (secondary N) is 1. The minimum atomic E-state index is -0.0636. The summed E-state index contributed by atoms with van der Waals surface area (Å²) in [5.41, 5.74) is 2.91. The SMILES string of the molecule is Cc1nc(C2CN(C(=O)Cc3c(C)noc3C)CCCN2Cc2ccccc2)n[nH]1. The lowest BCUT2D eigenvalue weighted by Gasteiger charge is -2.30. The maximum atomic E-state index is 13.2. The van der Waals surface area contributed by atoms with Gasteiger partial charge in [-0.3, -0.25) is 14.8 Å². The number of hydrogen-bond donors (Lipinski definition) is 1. The Morgan fingerprint density at radius 2 is 2.00 bits per heavy atom. The average Bonchev–Trinajstić information content (AvgIpc) is 3.23. The van der Waals surface area contributed by atoms with E-state index in [1.807, 2.05) is 31.7 Å². The molecule has 1 aliphatic rings. The number of rotatable bonds is 5. The second-order valence-electron chi connectivity index (χ2n) is 7.92. The van der Waals surface area contributed by atoms with Crippen molar-refractivity contribution in [2.75, 3.05) is 19.6 Å². The molecule has 158 valence electrons. The zero-order chi connectivity index (χ0) is 21.1. The van der Waals surface area contributed by atoms with Gasteiger partial charge in [0, 0.05) is 31.7 Å². The van der Waals surface area contributed by atoms with Crippen molar-refractivity contribution in [2.24, 2.45) is 0 Å². The summed E-state index contributed by atoms with van der Waals surface area (Å²) in [6.45, 7) is 8.58. The predicted molar refractivity (Wildman–Crippen MR) is 112 cm³/mol. The minimum Gasteiger partial charge on any atom is -0.361 e. The first-order valence-electron chi connectivity index (χ1n) is 10.4. The van der Waals surface area contributed by atoms with Crippen molar-refractivity contribution in [2.45, 2.75) is 46.2 Å². The van der Waals surface area contributed by atoms with Gasteiger partial charge in [-0.2, -0.15) is 5.10 Å². The number of nitrogens with zero attached hydrogens (tertiary/aromatic N) is 5. The molecule has 1 N–H and O–H groups in total. The normalized spacial score (nSPS) is 17.8. The number of benzene rings is 1. The minimum absolute atomic E-state index is 0.0636. The van der Waals surface area contributed by atoms with Crippen molar-refractivity contribution in [3.8, 4) is 0 Å². The largest absolute Gasteiger partial charge is 0.361 e. The standard InChI is InChI=1S/C22H28N6O2/c1-15-19(16(2)30-26-15)12-21(29)28-11-7-10-27(13-18-8-5-4-6-9-18)20(14-28)22-23-17(3)24-25-22/h4-6,8-9,20H,7,10-14H2,1-3H3,(H,23,24,25). The van der Waals surface area contributed by atoms with E-state index in [2.05, 4.69) is 49.5 Å². The number of carbonyl (C=O) groups is 1. The lowest BCUT2D eigenvalue weighted by molar-refractivity contribution is -0.130. The molecule has 1 atom stereocenters. The van der Waals surface area contributed by atoms with Crippen LogP contribution in [0.5, 0.6) is 0 Å². The highest BCUT2D eigenvalue weighted by molar-refractivity contribution is 5.79. The van der Waals surface area contributed by atoms with Crippen LogP contribution >= 0.6 is 0 Å². The van der Waals surface area contributed by atoms with Crippen LogP contribution in [0, 0.1) is 20.8 Å². The van der Waals surface area contributed by atoms with E-state index in [0.717, 1.165) is 42.4 Å². The molecule has 3 heterocycles. The van der Waals surface area contributed by atoms with Gasteiger partial charge < -0.3 is 9.42 Å². The van der Waals surface area contributed by atoms with Crippen LogP contribution in [0.25, 0.3) is 0 Å². The number of carbonyl (C=O) groups excluding carboxylic acids is 1. The Balaban J connectivity index is 1.56. The van der Waals surface area contributed by atoms with Crippen LogP contribution in [-0.2, 0) is 17.8 Å². The number of aryl methyl sites for hydroxylation is 3. The topological polar surface area (TPSA) is 91.2 Å². The highest BCUT2D eigenvalue weighted by atomic mass is 16.5. The molecule has 8 heteroatoms. The van der Waals surface area contributed by atoms with Gasteiger partial charge in [0.1, 0.15) is 11.6 Å². The van der Waals surface area contributed by atoms with Crippen molar-refractivity contribution in [3.63, 3.8) is 0 Å². The maximum Gasteiger partial charge on any atom is 0.227 e. The molecule has 1 unspecified atom stereocenters. The van der Waals surface area contributed by atoms with Crippen LogP contribution in [0.2, 0.25) is 0 Å². The van der Waals surface area contributed by atoms with Crippen LogP contribution in [0.3, 0.4) is 0 Å². The molecule has 0 spiro atoms. The van der Waals surface area contributed by atoms with E-state index in [1.165, 1.54) is 5.56 Å². The van der Waals surface area contributed by atoms with E-state index in [1.54, 1.807) is 0 Å². The number of aromatic nitrogens is 4. The lowest BCUT2D eigenvalue weighted by Crippen LogP contribution is -2.38. The monoisotopic (exact) mass is 408 g/mol. The molecule has 0 saturated carbocycles. The van der Waals surface area contributed by atoms with Gasteiger partial charge in [-0.25, -0.2) is 4.98 Å². The predicted octanol–water partition coefficient (Wildman–Crippen LogP) is 2.74. The van der Waals surface area contributed by atoms with E-state index in [4.69, 9.17) is 4.52 Å². The molecule has 0 aliphatic carbocycles. The molecule has 1 amide bonds. The Hall–Kier alpha value is -3.00. The first-order valence-corrected chi connectivity index (χ1v) is 10.4. The fraction of sp³-hybridized carbons (Fsp3) is 0.455. The van der Waals surface area contributed by atoms with Gasteiger partial charge in [0.25, 0.3) is 0 Å². The summed E-state index contributed by atoms with van der Waals surface area (Å²) in [6.07, 6.45) is 1.21. The molecule has 1 aliphatic heterocycles. The van der Waals surface area contributed by atoms with Gasteiger partial charge in [-0.1, -0.05) is 35.5 Å². The highest BCUT2D eigenvalue weighted by Crippen LogP contribution is 2.26. The zero-order valence-corrected chi connectivity index (χ0v) is 17.8. The second-order valence-corrected chi connectivity index (χ2v) is 7.92. The van der Waals surface area contributed by atoms with E-state index < -0.39 is 0 Å². The van der Waals surface area contributed by atoms with Crippen LogP contribution in [0.15, 0.2) is 34.9 Å². The first-order chi connectivity index (χ1) is 14.5. The molecule has 0 bridgehead atoms. The fourth-order valence-electron chi connectivity index (χ4n) is 4.04. The Morgan fingerprint density at radius 3 is 2.67 bits per heavy atom. The summed E-state index contributed by atoms with van der Waals surface area (Å²) < 4.78 is 5.23. The third-order valence-corrected chi connectivity index (χ3v) is 5.71. The van der Waals surface area contributed by atoms with Crippen molar-refractivity contribution >= 4 is 5.91 Å². The molecular formula is C22H28N6O2. The van der Waals surface area contributed by atoms with Gasteiger partial charge in [-0.15, -0.1) is 0 Å². The Bertz CT molecular complexity index is 977. The third kappa shape index (κ3) is 4.43. The molecule has 0 radical (unpaired) electrons. The van der Waals surface area contributed by atoms with Gasteiger partial charge in [0.05, 0.1) is 18.2 Å². The molecule has 2 aromatic heterocycles. The van der Waals surface area contributed by atoms with Gasteiger partial charge in [0.2, 0.25) is 5.91 Å². The van der Waals surface area contributed by atoms with Crippen molar-refractivity contribution in [1.29, 1.82) is 0 Å². The maximum absolute atomic E-state index is 13.2. The molecule has 4 rings (SSSR count). The third-order valence-electron chi connectivity index (χ3n) is 5.71. The van der Waals surface area contributed by atoms with E-state index in [-0.39, 0.29) is 11.9 Å². The molecule has 1 saturated heterocycles. The Labute approximate surface area is 176 Å². The summed E-state index contributed by atoms with van der Waals surface area (Å²) in [5, 5.41) is 11.4. The molecule has 8 nitrogen and oxygen atoms in total. The Kier molecular flexibility index (Phi) is 5.94.